The molecule has 2 nitrogen and oxygen atoms in total. The number of nitrogens with zero attached hydrogens (tertiary/aromatic N) is 2. The minimum absolute atomic E-state index is 0.370. The van der Waals surface area contributed by atoms with Crippen LogP contribution in [0.25, 0.3) is 0 Å². The predicted octanol–water partition coefficient (Wildman–Crippen LogP) is 3.65. The molecule has 92 valence electrons. The Balaban J connectivity index is 3.53. The lowest BCUT2D eigenvalue weighted by atomic mass is 10.1. The van der Waals surface area contributed by atoms with Gasteiger partial charge in [0.05, 0.1) is 17.1 Å². The summed E-state index contributed by atoms with van der Waals surface area (Å²) in [7, 11) is 0. The van der Waals surface area contributed by atoms with Gasteiger partial charge in [0.25, 0.3) is 6.43 Å². The van der Waals surface area contributed by atoms with Gasteiger partial charge in [0, 0.05) is 5.56 Å². The van der Waals surface area contributed by atoms with Crippen molar-refractivity contribution in [3.8, 4) is 6.07 Å². The largest absolute Gasteiger partial charge is 0.433 e. The topological polar surface area (TPSA) is 36.7 Å². The first kappa shape index (κ1) is 13.6. The molecule has 0 spiro atoms. The quantitative estimate of drug-likeness (QED) is 0.607. The van der Waals surface area contributed by atoms with Crippen molar-refractivity contribution < 1.29 is 22.0 Å². The molecule has 1 aromatic rings. The zero-order valence-electron chi connectivity index (χ0n) is 8.02. The third kappa shape index (κ3) is 2.82. The van der Waals surface area contributed by atoms with E-state index >= 15 is 0 Å². The summed E-state index contributed by atoms with van der Waals surface area (Å²) in [6.45, 7) is 0. The van der Waals surface area contributed by atoms with E-state index in [4.69, 9.17) is 16.9 Å². The Kier molecular flexibility index (Phi) is 3.88. The minimum Gasteiger partial charge on any atom is -0.245 e. The fourth-order valence-electron chi connectivity index (χ4n) is 1.16. The van der Waals surface area contributed by atoms with E-state index in [1.54, 1.807) is 0 Å². The fourth-order valence-corrected chi connectivity index (χ4v) is 1.36. The zero-order chi connectivity index (χ0) is 13.2. The van der Waals surface area contributed by atoms with Crippen LogP contribution >= 0.6 is 11.6 Å². The van der Waals surface area contributed by atoms with E-state index in [9.17, 15) is 22.0 Å². The van der Waals surface area contributed by atoms with Gasteiger partial charge in [-0.2, -0.15) is 18.4 Å². The second kappa shape index (κ2) is 4.84. The molecular weight excluding hydrogens is 267 g/mol. The highest BCUT2D eigenvalue weighted by Crippen LogP contribution is 2.36. The first-order valence-corrected chi connectivity index (χ1v) is 4.70. The molecule has 0 saturated heterocycles. The van der Waals surface area contributed by atoms with Gasteiger partial charge in [0.15, 0.2) is 5.69 Å². The van der Waals surface area contributed by atoms with Crippen LogP contribution in [0.5, 0.6) is 0 Å². The lowest BCUT2D eigenvalue weighted by molar-refractivity contribution is -0.143. The highest BCUT2D eigenvalue weighted by Gasteiger charge is 2.38. The summed E-state index contributed by atoms with van der Waals surface area (Å²) in [6, 6.07) is 1.94. The molecule has 0 aliphatic rings. The van der Waals surface area contributed by atoms with E-state index in [1.165, 1.54) is 6.07 Å². The maximum absolute atomic E-state index is 12.4. The average Bonchev–Trinajstić information content (AvgIpc) is 2.25. The number of halogens is 6. The number of hydrogen-bond donors (Lipinski definition) is 0. The van der Waals surface area contributed by atoms with Crippen LogP contribution in [-0.4, -0.2) is 4.98 Å². The Morgan fingerprint density at radius 2 is 2.00 bits per heavy atom. The van der Waals surface area contributed by atoms with Crippen LogP contribution in [0.4, 0.5) is 22.0 Å². The fraction of sp³-hybridized carbons (Fsp3) is 0.333. The highest BCUT2D eigenvalue weighted by molar-refractivity contribution is 6.17. The van der Waals surface area contributed by atoms with Crippen molar-refractivity contribution in [2.45, 2.75) is 18.5 Å². The Morgan fingerprint density at radius 3 is 2.35 bits per heavy atom. The van der Waals surface area contributed by atoms with E-state index in [2.05, 4.69) is 4.98 Å². The van der Waals surface area contributed by atoms with Gasteiger partial charge in [0.2, 0.25) is 0 Å². The molecule has 1 rings (SSSR count). The standard InChI is InChI=1S/C9H4ClF5N2/c10-2-6-4(3-16)1-5(8(11)12)7(17-6)9(13,14)15/h1,8H,2H2. The number of rotatable bonds is 2. The van der Waals surface area contributed by atoms with Crippen molar-refractivity contribution in [3.05, 3.63) is 28.6 Å². The SMILES string of the molecule is N#Cc1cc(C(F)F)c(C(F)(F)F)nc1CCl. The summed E-state index contributed by atoms with van der Waals surface area (Å²) in [5.41, 5.74) is -3.78. The number of alkyl halides is 6. The predicted molar refractivity (Wildman–Crippen MR) is 48.5 cm³/mol. The van der Waals surface area contributed by atoms with Gasteiger partial charge in [-0.3, -0.25) is 0 Å². The molecule has 0 aliphatic heterocycles. The van der Waals surface area contributed by atoms with Crippen molar-refractivity contribution in [2.24, 2.45) is 0 Å². The molecule has 0 amide bonds. The molecule has 17 heavy (non-hydrogen) atoms. The summed E-state index contributed by atoms with van der Waals surface area (Å²) >= 11 is 5.30. The normalized spacial score (nSPS) is 11.6. The smallest absolute Gasteiger partial charge is 0.245 e. The van der Waals surface area contributed by atoms with Crippen LogP contribution in [0.1, 0.15) is 28.9 Å². The first-order chi connectivity index (χ1) is 7.81. The Hall–Kier alpha value is -1.42. The van der Waals surface area contributed by atoms with Crippen LogP contribution in [0, 0.1) is 11.3 Å². The van der Waals surface area contributed by atoms with Gasteiger partial charge >= 0.3 is 6.18 Å². The van der Waals surface area contributed by atoms with Gasteiger partial charge < -0.3 is 0 Å². The van der Waals surface area contributed by atoms with Gasteiger partial charge in [-0.15, -0.1) is 11.6 Å². The van der Waals surface area contributed by atoms with Crippen molar-refractivity contribution in [1.82, 2.24) is 4.98 Å². The lowest BCUT2D eigenvalue weighted by Gasteiger charge is -2.13. The monoisotopic (exact) mass is 270 g/mol. The number of aromatic nitrogens is 1. The average molecular weight is 271 g/mol. The Labute approximate surface area is 97.6 Å². The van der Waals surface area contributed by atoms with Crippen LogP contribution in [0.15, 0.2) is 6.07 Å². The third-order valence-corrected chi connectivity index (χ3v) is 2.13. The van der Waals surface area contributed by atoms with Crippen LogP contribution in [0.2, 0.25) is 0 Å². The Morgan fingerprint density at radius 1 is 1.41 bits per heavy atom. The molecular formula is C9H4ClF5N2. The number of pyridine rings is 1. The van der Waals surface area contributed by atoms with Crippen LogP contribution in [0.3, 0.4) is 0 Å². The zero-order valence-corrected chi connectivity index (χ0v) is 8.78. The second-order valence-corrected chi connectivity index (χ2v) is 3.23. The molecule has 1 heterocycles. The molecule has 0 bridgehead atoms. The highest BCUT2D eigenvalue weighted by atomic mass is 35.5. The molecule has 0 aromatic carbocycles. The van der Waals surface area contributed by atoms with Gasteiger partial charge in [-0.1, -0.05) is 0 Å². The molecule has 0 fully saturated rings. The summed E-state index contributed by atoms with van der Waals surface area (Å²) in [5.74, 6) is -0.463. The molecule has 0 aliphatic carbocycles. The number of nitriles is 1. The summed E-state index contributed by atoms with van der Waals surface area (Å²) < 4.78 is 62.2. The third-order valence-electron chi connectivity index (χ3n) is 1.88. The summed E-state index contributed by atoms with van der Waals surface area (Å²) in [5, 5.41) is 8.57. The maximum atomic E-state index is 12.4. The minimum atomic E-state index is -5.01. The van der Waals surface area contributed by atoms with Crippen molar-refractivity contribution in [2.75, 3.05) is 0 Å². The maximum Gasteiger partial charge on any atom is 0.433 e. The van der Waals surface area contributed by atoms with Gasteiger partial charge in [-0.25, -0.2) is 13.8 Å². The van der Waals surface area contributed by atoms with Crippen molar-refractivity contribution in [1.29, 1.82) is 5.26 Å². The second-order valence-electron chi connectivity index (χ2n) is 2.96. The molecule has 0 N–H and O–H groups in total. The molecule has 8 heteroatoms. The number of hydrogen-bond acceptors (Lipinski definition) is 2. The molecule has 0 unspecified atom stereocenters. The first-order valence-electron chi connectivity index (χ1n) is 4.16. The van der Waals surface area contributed by atoms with Gasteiger partial charge in [0.1, 0.15) is 6.07 Å². The van der Waals surface area contributed by atoms with E-state index < -0.39 is 29.7 Å². The van der Waals surface area contributed by atoms with Crippen LogP contribution in [-0.2, 0) is 12.1 Å². The van der Waals surface area contributed by atoms with E-state index in [0.29, 0.717) is 6.07 Å². The van der Waals surface area contributed by atoms with Crippen LogP contribution < -0.4 is 0 Å². The molecule has 0 atom stereocenters. The molecule has 0 saturated carbocycles. The summed E-state index contributed by atoms with van der Waals surface area (Å²) in [6.07, 6.45) is -8.38. The summed E-state index contributed by atoms with van der Waals surface area (Å²) in [4.78, 5) is 3.00. The van der Waals surface area contributed by atoms with E-state index in [0.717, 1.165) is 0 Å². The van der Waals surface area contributed by atoms with Crippen molar-refractivity contribution >= 4 is 11.6 Å². The van der Waals surface area contributed by atoms with E-state index in [1.807, 2.05) is 0 Å². The molecule has 1 aromatic heterocycles. The van der Waals surface area contributed by atoms with Crippen molar-refractivity contribution in [3.63, 3.8) is 0 Å². The van der Waals surface area contributed by atoms with E-state index in [-0.39, 0.29) is 11.3 Å². The van der Waals surface area contributed by atoms with Gasteiger partial charge in [-0.05, 0) is 6.07 Å². The Bertz CT molecular complexity index is 464. The molecule has 0 radical (unpaired) electrons. The lowest BCUT2D eigenvalue weighted by Crippen LogP contribution is -2.14.